The maximum Gasteiger partial charge on any atom is 0.125 e. The first-order chi connectivity index (χ1) is 6.25. The Balaban J connectivity index is 3.37. The van der Waals surface area contributed by atoms with Gasteiger partial charge in [-0.05, 0) is 5.92 Å². The van der Waals surface area contributed by atoms with Crippen molar-refractivity contribution in [2.45, 2.75) is 46.0 Å². The van der Waals surface area contributed by atoms with Crippen LogP contribution in [0.4, 0.5) is 5.82 Å². The van der Waals surface area contributed by atoms with E-state index in [0.29, 0.717) is 5.92 Å². The van der Waals surface area contributed by atoms with Crippen LogP contribution in [0.5, 0.6) is 0 Å². The monoisotopic (exact) mass is 195 g/mol. The Morgan fingerprint density at radius 2 is 1.79 bits per heavy atom. The number of nitrogens with two attached hydrogens (primary N) is 1. The van der Waals surface area contributed by atoms with Gasteiger partial charge in [0.25, 0.3) is 0 Å². The van der Waals surface area contributed by atoms with Gasteiger partial charge in [0.1, 0.15) is 5.82 Å². The molecule has 0 aliphatic heterocycles. The first-order valence-corrected chi connectivity index (χ1v) is 5.08. The lowest BCUT2D eigenvalue weighted by atomic mass is 9.86. The smallest absolute Gasteiger partial charge is 0.125 e. The number of nitrogen functional groups attached to an aromatic ring is 1. The lowest BCUT2D eigenvalue weighted by molar-refractivity contribution is 0.545. The van der Waals surface area contributed by atoms with Gasteiger partial charge in [0.05, 0.1) is 5.69 Å². The second-order valence-corrected chi connectivity index (χ2v) is 5.18. The lowest BCUT2D eigenvalue weighted by Crippen LogP contribution is -2.15. The number of aromatic nitrogens is 2. The van der Waals surface area contributed by atoms with Crippen molar-refractivity contribution in [3.63, 3.8) is 0 Å². The number of aryl methyl sites for hydroxylation is 1. The van der Waals surface area contributed by atoms with E-state index >= 15 is 0 Å². The summed E-state index contributed by atoms with van der Waals surface area (Å²) in [5.41, 5.74) is 8.38. The average Bonchev–Trinajstić information content (AvgIpc) is 2.27. The van der Waals surface area contributed by atoms with Crippen LogP contribution in [0.3, 0.4) is 0 Å². The molecule has 0 unspecified atom stereocenters. The molecule has 3 heteroatoms. The Labute approximate surface area is 86.3 Å². The average molecular weight is 195 g/mol. The molecule has 0 saturated carbocycles. The highest BCUT2D eigenvalue weighted by Gasteiger charge is 2.26. The second-order valence-electron chi connectivity index (χ2n) is 5.18. The molecule has 0 bridgehead atoms. The molecular formula is C11H21N3. The molecule has 0 saturated heterocycles. The van der Waals surface area contributed by atoms with Crippen molar-refractivity contribution < 1.29 is 0 Å². The van der Waals surface area contributed by atoms with Gasteiger partial charge >= 0.3 is 0 Å². The van der Waals surface area contributed by atoms with Crippen molar-refractivity contribution in [2.24, 2.45) is 7.05 Å². The molecule has 2 N–H and O–H groups in total. The Kier molecular flexibility index (Phi) is 2.61. The topological polar surface area (TPSA) is 43.8 Å². The Morgan fingerprint density at radius 1 is 1.29 bits per heavy atom. The van der Waals surface area contributed by atoms with Crippen molar-refractivity contribution in [1.29, 1.82) is 0 Å². The SMILES string of the molecule is CC(C)c1c(C(C)(C)C)nn(C)c1N. The number of hydrogen-bond acceptors (Lipinski definition) is 2. The van der Waals surface area contributed by atoms with Crippen LogP contribution in [0.2, 0.25) is 0 Å². The fourth-order valence-electron chi connectivity index (χ4n) is 1.68. The minimum Gasteiger partial charge on any atom is -0.384 e. The third kappa shape index (κ3) is 1.76. The molecule has 1 heterocycles. The summed E-state index contributed by atoms with van der Waals surface area (Å²) >= 11 is 0. The van der Waals surface area contributed by atoms with Gasteiger partial charge in [-0.25, -0.2) is 0 Å². The van der Waals surface area contributed by atoms with E-state index < -0.39 is 0 Å². The van der Waals surface area contributed by atoms with Crippen LogP contribution in [-0.4, -0.2) is 9.78 Å². The highest BCUT2D eigenvalue weighted by atomic mass is 15.3. The zero-order chi connectivity index (χ0) is 11.1. The van der Waals surface area contributed by atoms with Gasteiger partial charge in [0, 0.05) is 18.0 Å². The summed E-state index contributed by atoms with van der Waals surface area (Å²) in [6.07, 6.45) is 0. The number of hydrogen-bond donors (Lipinski definition) is 1. The summed E-state index contributed by atoms with van der Waals surface area (Å²) in [6.45, 7) is 10.8. The molecule has 0 radical (unpaired) electrons. The largest absolute Gasteiger partial charge is 0.384 e. The second kappa shape index (κ2) is 3.30. The van der Waals surface area contributed by atoms with Crippen LogP contribution in [-0.2, 0) is 12.5 Å². The molecule has 14 heavy (non-hydrogen) atoms. The van der Waals surface area contributed by atoms with E-state index in [4.69, 9.17) is 5.73 Å². The summed E-state index contributed by atoms with van der Waals surface area (Å²) in [5, 5.41) is 4.49. The predicted molar refractivity (Wildman–Crippen MR) is 60.4 cm³/mol. The zero-order valence-corrected chi connectivity index (χ0v) is 10.0. The molecule has 0 amide bonds. The summed E-state index contributed by atoms with van der Waals surface area (Å²) < 4.78 is 1.77. The molecule has 0 aliphatic rings. The maximum absolute atomic E-state index is 6.00. The molecule has 80 valence electrons. The number of nitrogens with zero attached hydrogens (tertiary/aromatic N) is 2. The fourth-order valence-corrected chi connectivity index (χ4v) is 1.68. The summed E-state index contributed by atoms with van der Waals surface area (Å²) in [6, 6.07) is 0. The fraction of sp³-hybridized carbons (Fsp3) is 0.727. The summed E-state index contributed by atoms with van der Waals surface area (Å²) in [4.78, 5) is 0. The van der Waals surface area contributed by atoms with Gasteiger partial charge in [-0.2, -0.15) is 5.10 Å². The predicted octanol–water partition coefficient (Wildman–Crippen LogP) is 2.42. The highest BCUT2D eigenvalue weighted by Crippen LogP contribution is 2.33. The standard InChI is InChI=1S/C11H21N3/c1-7(2)8-9(11(3,4)5)13-14(6)10(8)12/h7H,12H2,1-6H3. The van der Waals surface area contributed by atoms with Crippen LogP contribution in [0, 0.1) is 0 Å². The third-order valence-electron chi connectivity index (χ3n) is 2.42. The Morgan fingerprint density at radius 3 is 2.07 bits per heavy atom. The Hall–Kier alpha value is -0.990. The molecule has 3 nitrogen and oxygen atoms in total. The number of rotatable bonds is 1. The van der Waals surface area contributed by atoms with E-state index in [0.717, 1.165) is 11.5 Å². The molecular weight excluding hydrogens is 174 g/mol. The number of anilines is 1. The lowest BCUT2D eigenvalue weighted by Gasteiger charge is -2.19. The van der Waals surface area contributed by atoms with Crippen LogP contribution in [0.1, 0.15) is 51.8 Å². The molecule has 0 aromatic carbocycles. The molecule has 0 aliphatic carbocycles. The Bertz CT molecular complexity index is 329. The van der Waals surface area contributed by atoms with Crippen LogP contribution < -0.4 is 5.73 Å². The zero-order valence-electron chi connectivity index (χ0n) is 10.0. The van der Waals surface area contributed by atoms with Gasteiger partial charge in [0.2, 0.25) is 0 Å². The molecule has 1 rings (SSSR count). The van der Waals surface area contributed by atoms with E-state index in [2.05, 4.69) is 39.7 Å². The molecule has 0 atom stereocenters. The van der Waals surface area contributed by atoms with E-state index in [1.54, 1.807) is 4.68 Å². The van der Waals surface area contributed by atoms with Crippen molar-refractivity contribution >= 4 is 5.82 Å². The molecule has 1 aromatic heterocycles. The van der Waals surface area contributed by atoms with E-state index in [1.165, 1.54) is 5.56 Å². The van der Waals surface area contributed by atoms with Crippen molar-refractivity contribution in [3.05, 3.63) is 11.3 Å². The van der Waals surface area contributed by atoms with E-state index in [-0.39, 0.29) is 5.41 Å². The van der Waals surface area contributed by atoms with E-state index in [1.807, 2.05) is 7.05 Å². The maximum atomic E-state index is 6.00. The minimum absolute atomic E-state index is 0.0645. The van der Waals surface area contributed by atoms with Crippen molar-refractivity contribution in [1.82, 2.24) is 9.78 Å². The third-order valence-corrected chi connectivity index (χ3v) is 2.42. The van der Waals surface area contributed by atoms with Crippen LogP contribution in [0.25, 0.3) is 0 Å². The normalized spacial score (nSPS) is 12.5. The van der Waals surface area contributed by atoms with Gasteiger partial charge in [-0.3, -0.25) is 4.68 Å². The summed E-state index contributed by atoms with van der Waals surface area (Å²) in [5.74, 6) is 1.22. The first-order valence-electron chi connectivity index (χ1n) is 5.08. The molecule has 0 spiro atoms. The minimum atomic E-state index is 0.0645. The van der Waals surface area contributed by atoms with Gasteiger partial charge in [0.15, 0.2) is 0 Å². The molecule has 1 aromatic rings. The van der Waals surface area contributed by atoms with E-state index in [9.17, 15) is 0 Å². The highest BCUT2D eigenvalue weighted by molar-refractivity contribution is 5.47. The van der Waals surface area contributed by atoms with Crippen molar-refractivity contribution in [2.75, 3.05) is 5.73 Å². The van der Waals surface area contributed by atoms with Gasteiger partial charge in [-0.15, -0.1) is 0 Å². The quantitative estimate of drug-likeness (QED) is 0.748. The van der Waals surface area contributed by atoms with Crippen LogP contribution >= 0.6 is 0 Å². The van der Waals surface area contributed by atoms with Gasteiger partial charge in [-0.1, -0.05) is 34.6 Å². The first kappa shape index (κ1) is 11.1. The molecule has 0 fully saturated rings. The summed E-state index contributed by atoms with van der Waals surface area (Å²) in [7, 11) is 1.90. The van der Waals surface area contributed by atoms with Crippen molar-refractivity contribution in [3.8, 4) is 0 Å². The van der Waals surface area contributed by atoms with Crippen LogP contribution in [0.15, 0.2) is 0 Å². The van der Waals surface area contributed by atoms with Gasteiger partial charge < -0.3 is 5.73 Å².